The van der Waals surface area contributed by atoms with Crippen molar-refractivity contribution in [2.75, 3.05) is 26.4 Å². The van der Waals surface area contributed by atoms with E-state index in [1.165, 1.54) is 12.1 Å². The summed E-state index contributed by atoms with van der Waals surface area (Å²) in [5.41, 5.74) is 0. The number of halogens is 1. The summed E-state index contributed by atoms with van der Waals surface area (Å²) in [6.07, 6.45) is 2.11. The lowest BCUT2D eigenvalue weighted by molar-refractivity contribution is -0.145. The lowest BCUT2D eigenvalue weighted by Crippen LogP contribution is -2.39. The van der Waals surface area contributed by atoms with Crippen molar-refractivity contribution in [2.24, 2.45) is 11.8 Å². The van der Waals surface area contributed by atoms with Crippen molar-refractivity contribution in [3.8, 4) is 5.75 Å². The number of carbonyl (C=O) groups excluding carboxylic acids is 1. The van der Waals surface area contributed by atoms with Gasteiger partial charge in [-0.2, -0.15) is 0 Å². The molecule has 1 aromatic rings. The molecule has 2 N–H and O–H groups in total. The Bertz CT molecular complexity index is 574. The van der Waals surface area contributed by atoms with Gasteiger partial charge in [0.1, 0.15) is 11.6 Å². The summed E-state index contributed by atoms with van der Waals surface area (Å²) in [5.74, 6) is -1.60. The van der Waals surface area contributed by atoms with Crippen LogP contribution in [-0.4, -0.2) is 43.3 Å². The number of benzene rings is 1. The summed E-state index contributed by atoms with van der Waals surface area (Å²) < 4.78 is 23.6. The van der Waals surface area contributed by atoms with E-state index in [0.29, 0.717) is 44.8 Å². The number of carboxylic acids is 1. The van der Waals surface area contributed by atoms with E-state index < -0.39 is 11.9 Å². The lowest BCUT2D eigenvalue weighted by Gasteiger charge is -2.27. The SMILES string of the molecule is O=C(CCCOc1cccc(F)c1)NCC(C(=O)O)C1CCOCC1. The van der Waals surface area contributed by atoms with E-state index in [1.54, 1.807) is 12.1 Å². The Kier molecular flexibility index (Phi) is 7.66. The van der Waals surface area contributed by atoms with Crippen LogP contribution in [0.5, 0.6) is 5.75 Å². The van der Waals surface area contributed by atoms with Crippen LogP contribution in [0.25, 0.3) is 0 Å². The highest BCUT2D eigenvalue weighted by atomic mass is 19.1. The summed E-state index contributed by atoms with van der Waals surface area (Å²) in [6.45, 7) is 1.56. The predicted octanol–water partition coefficient (Wildman–Crippen LogP) is 2.23. The Morgan fingerprint density at radius 3 is 2.80 bits per heavy atom. The number of hydrogen-bond donors (Lipinski definition) is 2. The second-order valence-corrected chi connectivity index (χ2v) is 6.11. The average molecular weight is 353 g/mol. The highest BCUT2D eigenvalue weighted by Gasteiger charge is 2.29. The zero-order valence-corrected chi connectivity index (χ0v) is 14.1. The normalized spacial score (nSPS) is 16.2. The largest absolute Gasteiger partial charge is 0.493 e. The van der Waals surface area contributed by atoms with Crippen LogP contribution in [0.4, 0.5) is 4.39 Å². The lowest BCUT2D eigenvalue weighted by atomic mass is 9.86. The molecule has 25 heavy (non-hydrogen) atoms. The molecular weight excluding hydrogens is 329 g/mol. The van der Waals surface area contributed by atoms with E-state index in [2.05, 4.69) is 5.32 Å². The highest BCUT2D eigenvalue weighted by molar-refractivity contribution is 5.77. The van der Waals surface area contributed by atoms with Crippen molar-refractivity contribution < 1.29 is 28.6 Å². The fourth-order valence-electron chi connectivity index (χ4n) is 2.87. The molecule has 1 aliphatic heterocycles. The van der Waals surface area contributed by atoms with Crippen molar-refractivity contribution in [1.29, 1.82) is 0 Å². The molecule has 0 radical (unpaired) electrons. The van der Waals surface area contributed by atoms with Crippen LogP contribution in [0, 0.1) is 17.7 Å². The van der Waals surface area contributed by atoms with Crippen molar-refractivity contribution in [3.63, 3.8) is 0 Å². The third-order valence-corrected chi connectivity index (χ3v) is 4.28. The standard InChI is InChI=1S/C18H24FNO5/c19-14-3-1-4-15(11-14)25-8-2-5-17(21)20-12-16(18(22)23)13-6-9-24-10-7-13/h1,3-4,11,13,16H,2,5-10,12H2,(H,20,21)(H,22,23). The molecule has 1 atom stereocenters. The fourth-order valence-corrected chi connectivity index (χ4v) is 2.87. The quantitative estimate of drug-likeness (QED) is 0.665. The molecule has 0 bridgehead atoms. The summed E-state index contributed by atoms with van der Waals surface area (Å²) in [7, 11) is 0. The number of aliphatic carboxylic acids is 1. The van der Waals surface area contributed by atoms with Crippen LogP contribution < -0.4 is 10.1 Å². The highest BCUT2D eigenvalue weighted by Crippen LogP contribution is 2.23. The molecule has 0 aromatic heterocycles. The molecule has 1 fully saturated rings. The van der Waals surface area contributed by atoms with E-state index in [1.807, 2.05) is 0 Å². The van der Waals surface area contributed by atoms with Crippen LogP contribution in [-0.2, 0) is 14.3 Å². The summed E-state index contributed by atoms with van der Waals surface area (Å²) >= 11 is 0. The number of ether oxygens (including phenoxy) is 2. The Balaban J connectivity index is 1.66. The van der Waals surface area contributed by atoms with Crippen LogP contribution in [0.2, 0.25) is 0 Å². The van der Waals surface area contributed by atoms with Crippen molar-refractivity contribution in [1.82, 2.24) is 5.32 Å². The summed E-state index contributed by atoms with van der Waals surface area (Å²) in [4.78, 5) is 23.3. The second-order valence-electron chi connectivity index (χ2n) is 6.11. The van der Waals surface area contributed by atoms with Crippen molar-refractivity contribution >= 4 is 11.9 Å². The first kappa shape index (κ1) is 19.2. The van der Waals surface area contributed by atoms with Gasteiger partial charge in [0, 0.05) is 32.2 Å². The number of carbonyl (C=O) groups is 2. The minimum atomic E-state index is -0.887. The molecule has 0 aliphatic carbocycles. The number of rotatable bonds is 9. The topological polar surface area (TPSA) is 84.9 Å². The zero-order chi connectivity index (χ0) is 18.1. The van der Waals surface area contributed by atoms with Gasteiger partial charge in [-0.3, -0.25) is 9.59 Å². The first-order chi connectivity index (χ1) is 12.1. The van der Waals surface area contributed by atoms with E-state index in [4.69, 9.17) is 9.47 Å². The molecule has 0 spiro atoms. The molecule has 1 saturated heterocycles. The summed E-state index contributed by atoms with van der Waals surface area (Å²) in [5, 5.41) is 12.1. The van der Waals surface area contributed by atoms with Gasteiger partial charge in [0.15, 0.2) is 0 Å². The molecule has 7 heteroatoms. The molecule has 2 rings (SSSR count). The molecular formula is C18H24FNO5. The van der Waals surface area contributed by atoms with E-state index in [-0.39, 0.29) is 30.6 Å². The van der Waals surface area contributed by atoms with Crippen molar-refractivity contribution in [3.05, 3.63) is 30.1 Å². The van der Waals surface area contributed by atoms with Crippen LogP contribution in [0.15, 0.2) is 24.3 Å². The first-order valence-corrected chi connectivity index (χ1v) is 8.52. The third kappa shape index (κ3) is 6.70. The van der Waals surface area contributed by atoms with Crippen LogP contribution in [0.3, 0.4) is 0 Å². The van der Waals surface area contributed by atoms with Gasteiger partial charge in [0.25, 0.3) is 0 Å². The number of carboxylic acid groups (broad SMARTS) is 1. The second kappa shape index (κ2) is 9.98. The van der Waals surface area contributed by atoms with Gasteiger partial charge < -0.3 is 19.9 Å². The zero-order valence-electron chi connectivity index (χ0n) is 14.1. The van der Waals surface area contributed by atoms with E-state index in [0.717, 1.165) is 0 Å². The van der Waals surface area contributed by atoms with Crippen LogP contribution >= 0.6 is 0 Å². The summed E-state index contributed by atoms with van der Waals surface area (Å²) in [6, 6.07) is 5.82. The monoisotopic (exact) mass is 353 g/mol. The molecule has 1 heterocycles. The first-order valence-electron chi connectivity index (χ1n) is 8.52. The Morgan fingerprint density at radius 2 is 2.12 bits per heavy atom. The fraction of sp³-hybridized carbons (Fsp3) is 0.556. The maximum atomic E-state index is 13.0. The molecule has 1 aliphatic rings. The molecule has 1 amide bonds. The third-order valence-electron chi connectivity index (χ3n) is 4.28. The minimum Gasteiger partial charge on any atom is -0.493 e. The Labute approximate surface area is 146 Å². The van der Waals surface area contributed by atoms with Crippen molar-refractivity contribution in [2.45, 2.75) is 25.7 Å². The molecule has 0 saturated carbocycles. The van der Waals surface area contributed by atoms with Gasteiger partial charge in [0.05, 0.1) is 12.5 Å². The number of nitrogens with one attached hydrogen (secondary N) is 1. The van der Waals surface area contributed by atoms with E-state index >= 15 is 0 Å². The van der Waals surface area contributed by atoms with Gasteiger partial charge in [0.2, 0.25) is 5.91 Å². The molecule has 1 unspecified atom stereocenters. The molecule has 1 aromatic carbocycles. The van der Waals surface area contributed by atoms with Gasteiger partial charge in [-0.1, -0.05) is 6.07 Å². The van der Waals surface area contributed by atoms with E-state index in [9.17, 15) is 19.1 Å². The number of hydrogen-bond acceptors (Lipinski definition) is 4. The average Bonchev–Trinajstić information content (AvgIpc) is 2.60. The molecule has 138 valence electrons. The predicted molar refractivity (Wildman–Crippen MR) is 88.8 cm³/mol. The van der Waals surface area contributed by atoms with Gasteiger partial charge >= 0.3 is 5.97 Å². The van der Waals surface area contributed by atoms with Gasteiger partial charge in [-0.25, -0.2) is 4.39 Å². The molecule has 6 nitrogen and oxygen atoms in total. The Hall–Kier alpha value is -2.15. The maximum Gasteiger partial charge on any atom is 0.308 e. The smallest absolute Gasteiger partial charge is 0.308 e. The Morgan fingerprint density at radius 1 is 1.36 bits per heavy atom. The maximum absolute atomic E-state index is 13.0. The van der Waals surface area contributed by atoms with Crippen LogP contribution in [0.1, 0.15) is 25.7 Å². The van der Waals surface area contributed by atoms with Gasteiger partial charge in [-0.15, -0.1) is 0 Å². The van der Waals surface area contributed by atoms with Gasteiger partial charge in [-0.05, 0) is 37.3 Å². The minimum absolute atomic E-state index is 0.0304. The number of amides is 1.